The lowest BCUT2D eigenvalue weighted by molar-refractivity contribution is 0.404. The van der Waals surface area contributed by atoms with Gasteiger partial charge in [-0.2, -0.15) is 5.26 Å². The fourth-order valence-corrected chi connectivity index (χ4v) is 2.33. The summed E-state index contributed by atoms with van der Waals surface area (Å²) < 4.78 is 0. The second kappa shape index (κ2) is 6.45. The third-order valence-electron chi connectivity index (χ3n) is 3.40. The predicted molar refractivity (Wildman–Crippen MR) is 64.2 cm³/mol. The zero-order valence-corrected chi connectivity index (χ0v) is 9.71. The summed E-state index contributed by atoms with van der Waals surface area (Å²) in [4.78, 5) is 0. The Kier molecular flexibility index (Phi) is 5.18. The first-order valence-electron chi connectivity index (χ1n) is 5.98. The van der Waals surface area contributed by atoms with Crippen LogP contribution in [0.1, 0.15) is 45.4 Å². The molecular weight excluding hydrogens is 182 g/mol. The van der Waals surface area contributed by atoms with Crippen LogP contribution in [0.3, 0.4) is 0 Å². The molecule has 0 heterocycles. The molecule has 0 radical (unpaired) electrons. The summed E-state index contributed by atoms with van der Waals surface area (Å²) >= 11 is 0. The van der Waals surface area contributed by atoms with Crippen molar-refractivity contribution in [1.29, 1.82) is 5.26 Å². The maximum absolute atomic E-state index is 8.68. The molecule has 0 aliphatic heterocycles. The largest absolute Gasteiger partial charge is 0.198 e. The molecule has 0 saturated heterocycles. The molecule has 0 N–H and O–H groups in total. The molecule has 1 rings (SSSR count). The lowest BCUT2D eigenvalue weighted by Gasteiger charge is -2.18. The molecule has 0 amide bonds. The molecule has 1 nitrogen and oxygen atoms in total. The van der Waals surface area contributed by atoms with Gasteiger partial charge in [-0.3, -0.25) is 0 Å². The van der Waals surface area contributed by atoms with Gasteiger partial charge in [0.05, 0.1) is 12.5 Å². The van der Waals surface area contributed by atoms with Crippen LogP contribution >= 0.6 is 0 Å². The fourth-order valence-electron chi connectivity index (χ4n) is 2.33. The van der Waals surface area contributed by atoms with Gasteiger partial charge in [-0.15, -0.1) is 0 Å². The molecule has 1 aliphatic carbocycles. The molecule has 0 aromatic carbocycles. The fraction of sp³-hybridized carbons (Fsp3) is 0.643. The Hall–Kier alpha value is -1.03. The summed E-state index contributed by atoms with van der Waals surface area (Å²) in [5.74, 6) is 1.43. The van der Waals surface area contributed by atoms with Gasteiger partial charge in [0.25, 0.3) is 0 Å². The van der Waals surface area contributed by atoms with Gasteiger partial charge in [0.2, 0.25) is 0 Å². The van der Waals surface area contributed by atoms with E-state index in [1.165, 1.54) is 32.1 Å². The Morgan fingerprint density at radius 1 is 1.40 bits per heavy atom. The predicted octanol–water partition coefficient (Wildman–Crippen LogP) is 4.23. The van der Waals surface area contributed by atoms with Gasteiger partial charge in [-0.25, -0.2) is 0 Å². The van der Waals surface area contributed by atoms with Gasteiger partial charge in [0.15, 0.2) is 0 Å². The van der Waals surface area contributed by atoms with E-state index < -0.39 is 0 Å². The van der Waals surface area contributed by atoms with Gasteiger partial charge in [-0.1, -0.05) is 51.3 Å². The number of hydrogen-bond acceptors (Lipinski definition) is 1. The van der Waals surface area contributed by atoms with Crippen molar-refractivity contribution in [1.82, 2.24) is 0 Å². The molecule has 1 fully saturated rings. The third kappa shape index (κ3) is 3.91. The maximum Gasteiger partial charge on any atom is 0.0669 e. The van der Waals surface area contributed by atoms with Gasteiger partial charge < -0.3 is 0 Å². The first-order valence-corrected chi connectivity index (χ1v) is 5.98. The molecule has 1 aliphatic rings. The van der Waals surface area contributed by atoms with Crippen LogP contribution in [0.25, 0.3) is 0 Å². The van der Waals surface area contributed by atoms with Crippen LogP contribution in [0.4, 0.5) is 0 Å². The van der Waals surface area contributed by atoms with Crippen molar-refractivity contribution in [3.05, 3.63) is 24.3 Å². The van der Waals surface area contributed by atoms with Crippen LogP contribution in [0.2, 0.25) is 0 Å². The van der Waals surface area contributed by atoms with Crippen LogP contribution in [0, 0.1) is 23.2 Å². The van der Waals surface area contributed by atoms with Crippen LogP contribution < -0.4 is 0 Å². The Morgan fingerprint density at radius 3 is 2.80 bits per heavy atom. The highest BCUT2D eigenvalue weighted by atomic mass is 14.2. The van der Waals surface area contributed by atoms with Crippen LogP contribution in [0.15, 0.2) is 24.3 Å². The summed E-state index contributed by atoms with van der Waals surface area (Å²) in [6, 6.07) is 2.20. The minimum Gasteiger partial charge on any atom is -0.198 e. The zero-order valence-electron chi connectivity index (χ0n) is 9.71. The second-order valence-electron chi connectivity index (χ2n) is 4.56. The smallest absolute Gasteiger partial charge is 0.0669 e. The Morgan fingerprint density at radius 2 is 2.13 bits per heavy atom. The highest BCUT2D eigenvalue weighted by Gasteiger charge is 2.17. The Balaban J connectivity index is 2.67. The highest BCUT2D eigenvalue weighted by molar-refractivity contribution is 5.21. The van der Waals surface area contributed by atoms with Crippen molar-refractivity contribution in [2.45, 2.75) is 45.4 Å². The highest BCUT2D eigenvalue weighted by Crippen LogP contribution is 2.30. The average Bonchev–Trinajstić information content (AvgIpc) is 2.43. The van der Waals surface area contributed by atoms with E-state index in [9.17, 15) is 0 Å². The normalized spacial score (nSPS) is 27.9. The first-order chi connectivity index (χ1) is 7.27. The van der Waals surface area contributed by atoms with E-state index in [0.29, 0.717) is 12.3 Å². The molecule has 0 bridgehead atoms. The number of allylic oxidation sites excluding steroid dienone is 3. The van der Waals surface area contributed by atoms with Crippen LogP contribution in [0.5, 0.6) is 0 Å². The molecule has 0 aromatic rings. The quantitative estimate of drug-likeness (QED) is 0.497. The van der Waals surface area contributed by atoms with Crippen molar-refractivity contribution >= 4 is 0 Å². The standard InChI is InChI=1S/C14H21N/c1-3-13(9-10-15)11-14-8-6-4-5-7-12(14)2/h3,11-12,14H,1,4-9H2,2H3. The molecule has 1 heteroatoms. The number of nitriles is 1. The first kappa shape index (κ1) is 12.0. The van der Waals surface area contributed by atoms with E-state index in [1.807, 2.05) is 6.08 Å². The third-order valence-corrected chi connectivity index (χ3v) is 3.40. The molecular formula is C14H21N. The molecule has 82 valence electrons. The minimum absolute atomic E-state index is 0.507. The van der Waals surface area contributed by atoms with Gasteiger partial charge in [0, 0.05) is 0 Å². The van der Waals surface area contributed by atoms with Gasteiger partial charge in [-0.05, 0) is 23.8 Å². The average molecular weight is 203 g/mol. The minimum atomic E-state index is 0.507. The molecule has 2 unspecified atom stereocenters. The maximum atomic E-state index is 8.68. The Labute approximate surface area is 93.5 Å². The molecule has 2 atom stereocenters. The monoisotopic (exact) mass is 203 g/mol. The van der Waals surface area contributed by atoms with E-state index in [-0.39, 0.29) is 0 Å². The summed E-state index contributed by atoms with van der Waals surface area (Å²) in [6.45, 7) is 6.11. The van der Waals surface area contributed by atoms with E-state index in [1.54, 1.807) is 0 Å². The van der Waals surface area contributed by atoms with Crippen molar-refractivity contribution < 1.29 is 0 Å². The topological polar surface area (TPSA) is 23.8 Å². The zero-order chi connectivity index (χ0) is 11.1. The SMILES string of the molecule is C=CC(=CC1CCCCCC1C)CC#N. The summed E-state index contributed by atoms with van der Waals surface area (Å²) in [7, 11) is 0. The number of hydrogen-bond donors (Lipinski definition) is 0. The second-order valence-corrected chi connectivity index (χ2v) is 4.56. The van der Waals surface area contributed by atoms with E-state index in [0.717, 1.165) is 11.5 Å². The van der Waals surface area contributed by atoms with Gasteiger partial charge >= 0.3 is 0 Å². The summed E-state index contributed by atoms with van der Waals surface area (Å²) in [6.07, 6.45) is 11.3. The van der Waals surface area contributed by atoms with E-state index in [2.05, 4.69) is 25.6 Å². The lowest BCUT2D eigenvalue weighted by atomic mass is 9.87. The van der Waals surface area contributed by atoms with Crippen molar-refractivity contribution in [3.8, 4) is 6.07 Å². The summed E-state index contributed by atoms with van der Waals surface area (Å²) in [5, 5.41) is 8.68. The Bertz CT molecular complexity index is 270. The van der Waals surface area contributed by atoms with E-state index >= 15 is 0 Å². The van der Waals surface area contributed by atoms with Crippen molar-refractivity contribution in [2.24, 2.45) is 11.8 Å². The van der Waals surface area contributed by atoms with Crippen molar-refractivity contribution in [2.75, 3.05) is 0 Å². The van der Waals surface area contributed by atoms with Crippen molar-refractivity contribution in [3.63, 3.8) is 0 Å². The molecule has 15 heavy (non-hydrogen) atoms. The number of nitrogens with zero attached hydrogens (tertiary/aromatic N) is 1. The number of rotatable bonds is 3. The van der Waals surface area contributed by atoms with E-state index in [4.69, 9.17) is 5.26 Å². The van der Waals surface area contributed by atoms with Crippen LogP contribution in [-0.2, 0) is 0 Å². The summed E-state index contributed by atoms with van der Waals surface area (Å²) in [5.41, 5.74) is 1.11. The molecule has 1 saturated carbocycles. The van der Waals surface area contributed by atoms with Gasteiger partial charge in [0.1, 0.15) is 0 Å². The van der Waals surface area contributed by atoms with Crippen LogP contribution in [-0.4, -0.2) is 0 Å². The molecule has 0 aromatic heterocycles. The molecule has 0 spiro atoms. The lowest BCUT2D eigenvalue weighted by Crippen LogP contribution is -2.07.